The molecule has 1 fully saturated rings. The van der Waals surface area contributed by atoms with Gasteiger partial charge in [0.1, 0.15) is 23.3 Å². The van der Waals surface area contributed by atoms with Crippen molar-refractivity contribution in [2.45, 2.75) is 26.8 Å². The molecule has 0 bridgehead atoms. The van der Waals surface area contributed by atoms with Crippen molar-refractivity contribution in [1.29, 1.82) is 0 Å². The fraction of sp³-hybridized carbons (Fsp3) is 0.308. The van der Waals surface area contributed by atoms with E-state index in [0.717, 1.165) is 23.9 Å². The Morgan fingerprint density at radius 1 is 1.03 bits per heavy atom. The summed E-state index contributed by atoms with van der Waals surface area (Å²) in [6, 6.07) is 16.1. The van der Waals surface area contributed by atoms with Crippen molar-refractivity contribution in [3.63, 3.8) is 0 Å². The summed E-state index contributed by atoms with van der Waals surface area (Å²) in [6.07, 6.45) is 0. The van der Waals surface area contributed by atoms with Crippen LogP contribution in [0.15, 0.2) is 64.6 Å². The van der Waals surface area contributed by atoms with Gasteiger partial charge in [-0.05, 0) is 49.0 Å². The molecular weight excluding hydrogens is 404 g/mol. The molecule has 1 saturated heterocycles. The van der Waals surface area contributed by atoms with E-state index in [2.05, 4.69) is 18.7 Å². The molecule has 0 saturated carbocycles. The number of aryl methyl sites for hydroxylation is 1. The molecule has 2 aromatic carbocycles. The Balaban J connectivity index is 1.80. The van der Waals surface area contributed by atoms with Gasteiger partial charge in [-0.1, -0.05) is 50.2 Å². The van der Waals surface area contributed by atoms with Crippen molar-refractivity contribution in [3.05, 3.63) is 77.3 Å². The molecule has 6 heteroatoms. The Bertz CT molecular complexity index is 1190. The van der Waals surface area contributed by atoms with E-state index >= 15 is 0 Å². The van der Waals surface area contributed by atoms with Crippen molar-refractivity contribution in [2.75, 3.05) is 26.2 Å². The Hall–Kier alpha value is -3.38. The molecule has 32 heavy (non-hydrogen) atoms. The lowest BCUT2D eigenvalue weighted by atomic mass is 9.97. The third kappa shape index (κ3) is 3.94. The first-order chi connectivity index (χ1) is 15.4. The van der Waals surface area contributed by atoms with E-state index in [-0.39, 0.29) is 11.3 Å². The number of rotatable bonds is 7. The molecule has 3 aromatic rings. The number of ketones is 1. The summed E-state index contributed by atoms with van der Waals surface area (Å²) < 4.78 is 5.84. The number of Topliss-reactive ketones (excluding diaryl/α,β-unsaturated/α-hetero) is 1. The standard InChI is InChI=1S/C26H28N2O4/c1-4-27(5-2)14-15-28-23(21-13-10-17(3)32-21)22(25(30)26(28)31)24(29)20-12-11-18-8-6-7-9-19(18)16-20/h6-13,16,23,29H,4-5,14-15H2,1-3H3/b24-22-. The van der Waals surface area contributed by atoms with E-state index in [4.69, 9.17) is 4.42 Å². The maximum Gasteiger partial charge on any atom is 0.295 e. The van der Waals surface area contributed by atoms with Crippen LogP contribution in [0, 0.1) is 6.92 Å². The second-order valence-corrected chi connectivity index (χ2v) is 8.03. The van der Waals surface area contributed by atoms with Crippen LogP contribution in [0.5, 0.6) is 0 Å². The molecule has 0 radical (unpaired) electrons. The number of aliphatic hydroxyl groups excluding tert-OH is 1. The molecule has 1 aliphatic rings. The average Bonchev–Trinajstić information content (AvgIpc) is 3.34. The number of hydrogen-bond donors (Lipinski definition) is 1. The number of furan rings is 1. The summed E-state index contributed by atoms with van der Waals surface area (Å²) in [4.78, 5) is 29.8. The number of carbonyl (C=O) groups is 2. The zero-order valence-corrected chi connectivity index (χ0v) is 18.7. The third-order valence-electron chi connectivity index (χ3n) is 6.15. The number of aliphatic hydroxyl groups is 1. The summed E-state index contributed by atoms with van der Waals surface area (Å²) in [7, 11) is 0. The molecule has 1 amide bonds. The molecule has 1 aliphatic heterocycles. The lowest BCUT2D eigenvalue weighted by Gasteiger charge is -2.26. The number of likely N-dealkylation sites (tertiary alicyclic amines) is 1. The quantitative estimate of drug-likeness (QED) is 0.338. The normalized spacial score (nSPS) is 18.2. The van der Waals surface area contributed by atoms with Crippen LogP contribution in [0.2, 0.25) is 0 Å². The minimum Gasteiger partial charge on any atom is -0.507 e. The molecular formula is C26H28N2O4. The van der Waals surface area contributed by atoms with Gasteiger partial charge in [0, 0.05) is 18.7 Å². The number of fused-ring (bicyclic) bond motifs is 1. The Kier molecular flexibility index (Phi) is 6.15. The molecule has 6 nitrogen and oxygen atoms in total. The number of benzene rings is 2. The highest BCUT2D eigenvalue weighted by Gasteiger charge is 2.47. The molecule has 1 N–H and O–H groups in total. The van der Waals surface area contributed by atoms with E-state index < -0.39 is 17.7 Å². The predicted octanol–water partition coefficient (Wildman–Crippen LogP) is 4.50. The number of hydrogen-bond acceptors (Lipinski definition) is 5. The van der Waals surface area contributed by atoms with E-state index in [0.29, 0.717) is 30.2 Å². The maximum absolute atomic E-state index is 13.1. The van der Waals surface area contributed by atoms with Gasteiger partial charge in [0.15, 0.2) is 0 Å². The van der Waals surface area contributed by atoms with Gasteiger partial charge < -0.3 is 19.3 Å². The summed E-state index contributed by atoms with van der Waals surface area (Å²) in [5.41, 5.74) is 0.567. The second-order valence-electron chi connectivity index (χ2n) is 8.03. The second kappa shape index (κ2) is 9.01. The van der Waals surface area contributed by atoms with Gasteiger partial charge in [0.05, 0.1) is 5.57 Å². The Morgan fingerprint density at radius 3 is 2.41 bits per heavy atom. The van der Waals surface area contributed by atoms with E-state index in [1.807, 2.05) is 43.3 Å². The summed E-state index contributed by atoms with van der Waals surface area (Å²) in [5.74, 6) is -0.324. The minimum absolute atomic E-state index is 0.0687. The van der Waals surface area contributed by atoms with Crippen LogP contribution in [0.4, 0.5) is 0 Å². The lowest BCUT2D eigenvalue weighted by Crippen LogP contribution is -2.37. The zero-order valence-electron chi connectivity index (χ0n) is 18.7. The Labute approximate surface area is 187 Å². The summed E-state index contributed by atoms with van der Waals surface area (Å²) in [5, 5.41) is 13.2. The van der Waals surface area contributed by atoms with E-state index in [1.54, 1.807) is 18.2 Å². The average molecular weight is 433 g/mol. The van der Waals surface area contributed by atoms with Crippen molar-refractivity contribution < 1.29 is 19.1 Å². The molecule has 166 valence electrons. The maximum atomic E-state index is 13.1. The van der Waals surface area contributed by atoms with Gasteiger partial charge in [-0.3, -0.25) is 9.59 Å². The van der Waals surface area contributed by atoms with Gasteiger partial charge in [0.25, 0.3) is 11.7 Å². The molecule has 0 aliphatic carbocycles. The van der Waals surface area contributed by atoms with Crippen molar-refractivity contribution >= 4 is 28.2 Å². The van der Waals surface area contributed by atoms with Crippen LogP contribution in [0.25, 0.3) is 16.5 Å². The van der Waals surface area contributed by atoms with Gasteiger partial charge in [-0.15, -0.1) is 0 Å². The van der Waals surface area contributed by atoms with Crippen LogP contribution in [-0.2, 0) is 9.59 Å². The van der Waals surface area contributed by atoms with Crippen molar-refractivity contribution in [2.24, 2.45) is 0 Å². The van der Waals surface area contributed by atoms with Crippen molar-refractivity contribution in [1.82, 2.24) is 9.80 Å². The van der Waals surface area contributed by atoms with Crippen LogP contribution in [0.3, 0.4) is 0 Å². The molecule has 1 unspecified atom stereocenters. The first-order valence-electron chi connectivity index (χ1n) is 11.0. The number of likely N-dealkylation sites (N-methyl/N-ethyl adjacent to an activating group) is 1. The molecule has 1 atom stereocenters. The zero-order chi connectivity index (χ0) is 22.8. The van der Waals surface area contributed by atoms with Crippen LogP contribution < -0.4 is 0 Å². The van der Waals surface area contributed by atoms with E-state index in [9.17, 15) is 14.7 Å². The van der Waals surface area contributed by atoms with Gasteiger partial charge >= 0.3 is 0 Å². The highest BCUT2D eigenvalue weighted by molar-refractivity contribution is 6.46. The SMILES string of the molecule is CCN(CC)CCN1C(=O)C(=O)/C(=C(\O)c2ccc3ccccc3c2)C1c1ccc(C)o1. The highest BCUT2D eigenvalue weighted by Crippen LogP contribution is 2.40. The van der Waals surface area contributed by atoms with Crippen LogP contribution in [0.1, 0.15) is 37.0 Å². The fourth-order valence-electron chi connectivity index (χ4n) is 4.29. The first kappa shape index (κ1) is 21.8. The summed E-state index contributed by atoms with van der Waals surface area (Å²) in [6.45, 7) is 8.63. The van der Waals surface area contributed by atoms with Crippen molar-refractivity contribution in [3.8, 4) is 0 Å². The largest absolute Gasteiger partial charge is 0.507 e. The lowest BCUT2D eigenvalue weighted by molar-refractivity contribution is -0.140. The van der Waals surface area contributed by atoms with Gasteiger partial charge in [0.2, 0.25) is 0 Å². The number of amides is 1. The molecule has 2 heterocycles. The smallest absolute Gasteiger partial charge is 0.295 e. The van der Waals surface area contributed by atoms with Gasteiger partial charge in [-0.25, -0.2) is 0 Å². The number of nitrogens with zero attached hydrogens (tertiary/aromatic N) is 2. The number of carbonyl (C=O) groups excluding carboxylic acids is 2. The topological polar surface area (TPSA) is 74.0 Å². The third-order valence-corrected chi connectivity index (χ3v) is 6.15. The predicted molar refractivity (Wildman–Crippen MR) is 124 cm³/mol. The fourth-order valence-corrected chi connectivity index (χ4v) is 4.29. The van der Waals surface area contributed by atoms with E-state index in [1.165, 1.54) is 4.90 Å². The Morgan fingerprint density at radius 2 is 1.75 bits per heavy atom. The summed E-state index contributed by atoms with van der Waals surface area (Å²) >= 11 is 0. The van der Waals surface area contributed by atoms with Gasteiger partial charge in [-0.2, -0.15) is 0 Å². The minimum atomic E-state index is -0.759. The molecule has 1 aromatic heterocycles. The monoisotopic (exact) mass is 432 g/mol. The van der Waals surface area contributed by atoms with Crippen LogP contribution >= 0.6 is 0 Å². The molecule has 0 spiro atoms. The first-order valence-corrected chi connectivity index (χ1v) is 11.0. The van der Waals surface area contributed by atoms with Crippen LogP contribution in [-0.4, -0.2) is 52.8 Å². The highest BCUT2D eigenvalue weighted by atomic mass is 16.3. The molecule has 4 rings (SSSR count).